The van der Waals surface area contributed by atoms with Crippen LogP contribution in [-0.2, 0) is 17.5 Å². The van der Waals surface area contributed by atoms with E-state index in [2.05, 4.69) is 15.2 Å². The summed E-state index contributed by atoms with van der Waals surface area (Å²) in [6.45, 7) is 5.39. The summed E-state index contributed by atoms with van der Waals surface area (Å²) in [5.41, 5.74) is -0.979. The van der Waals surface area contributed by atoms with Crippen LogP contribution in [0.1, 0.15) is 47.9 Å². The Bertz CT molecular complexity index is 1340. The molecule has 0 saturated carbocycles. The van der Waals surface area contributed by atoms with E-state index in [0.29, 0.717) is 38.2 Å². The van der Waals surface area contributed by atoms with Crippen LogP contribution in [0.3, 0.4) is 0 Å². The van der Waals surface area contributed by atoms with Gasteiger partial charge in [-0.1, -0.05) is 0 Å². The number of benzene rings is 1. The Kier molecular flexibility index (Phi) is 9.41. The Hall–Kier alpha value is -3.64. The number of fused-ring (bicyclic) bond motifs is 1. The summed E-state index contributed by atoms with van der Waals surface area (Å²) in [5.74, 6) is 0.187. The van der Waals surface area contributed by atoms with Crippen LogP contribution in [0.5, 0.6) is 11.5 Å². The number of alkyl halides is 3. The molecule has 0 spiro atoms. The minimum Gasteiger partial charge on any atom is -0.492 e. The van der Waals surface area contributed by atoms with Crippen molar-refractivity contribution in [1.29, 1.82) is 0 Å². The summed E-state index contributed by atoms with van der Waals surface area (Å²) in [6, 6.07) is 4.53. The molecule has 9 nitrogen and oxygen atoms in total. The Morgan fingerprint density at radius 2 is 1.95 bits per heavy atom. The van der Waals surface area contributed by atoms with Gasteiger partial charge >= 0.3 is 12.1 Å². The Morgan fingerprint density at radius 1 is 1.15 bits per heavy atom. The molecule has 0 bridgehead atoms. The highest BCUT2D eigenvalue weighted by atomic mass is 19.4. The third-order valence-corrected chi connectivity index (χ3v) is 6.11. The topological polar surface area (TPSA) is 103 Å². The number of carbonyl (C=O) groups is 1. The van der Waals surface area contributed by atoms with Crippen molar-refractivity contribution in [3.63, 3.8) is 0 Å². The largest absolute Gasteiger partial charge is 0.492 e. The van der Waals surface area contributed by atoms with Crippen LogP contribution in [0.15, 0.2) is 45.9 Å². The second-order valence-electron chi connectivity index (χ2n) is 8.99. The Labute approximate surface area is 222 Å². The lowest BCUT2D eigenvalue weighted by atomic mass is 10.1. The number of unbranched alkanes of at least 4 members (excludes halogenated alkanes) is 2. The van der Waals surface area contributed by atoms with E-state index in [-0.39, 0.29) is 46.6 Å². The number of hydrogen-bond acceptors (Lipinski definition) is 9. The van der Waals surface area contributed by atoms with Gasteiger partial charge in [0.05, 0.1) is 37.4 Å². The molecule has 0 atom stereocenters. The maximum atomic E-state index is 13.1. The number of pyridine rings is 1. The first-order valence-electron chi connectivity index (χ1n) is 12.7. The normalized spacial score (nSPS) is 14.1. The van der Waals surface area contributed by atoms with Crippen LogP contribution in [0.2, 0.25) is 0 Å². The molecule has 1 aromatic carbocycles. The number of rotatable bonds is 12. The van der Waals surface area contributed by atoms with Gasteiger partial charge in [-0.2, -0.15) is 13.2 Å². The van der Waals surface area contributed by atoms with Crippen LogP contribution >= 0.6 is 0 Å². The van der Waals surface area contributed by atoms with E-state index in [9.17, 15) is 22.8 Å². The molecule has 1 aliphatic heterocycles. The van der Waals surface area contributed by atoms with Gasteiger partial charge in [0.25, 0.3) is 0 Å². The number of nitrogens with zero attached hydrogens (tertiary/aromatic N) is 2. The fraction of sp³-hybridized carbons (Fsp3) is 0.444. The summed E-state index contributed by atoms with van der Waals surface area (Å²) in [7, 11) is 0. The maximum absolute atomic E-state index is 13.1. The van der Waals surface area contributed by atoms with Gasteiger partial charge in [0.2, 0.25) is 11.2 Å². The number of ether oxygens (including phenoxy) is 3. The van der Waals surface area contributed by atoms with Crippen molar-refractivity contribution in [2.75, 3.05) is 39.6 Å². The summed E-state index contributed by atoms with van der Waals surface area (Å²) in [6.07, 6.45) is -0.134. The molecule has 0 amide bonds. The summed E-state index contributed by atoms with van der Waals surface area (Å²) in [4.78, 5) is 30.9. The van der Waals surface area contributed by atoms with Gasteiger partial charge in [0.15, 0.2) is 0 Å². The molecule has 0 aliphatic carbocycles. The van der Waals surface area contributed by atoms with E-state index in [1.54, 1.807) is 6.92 Å². The van der Waals surface area contributed by atoms with Crippen LogP contribution in [0.25, 0.3) is 10.9 Å². The van der Waals surface area contributed by atoms with Gasteiger partial charge < -0.3 is 23.9 Å². The molecule has 1 fully saturated rings. The van der Waals surface area contributed by atoms with Crippen molar-refractivity contribution >= 4 is 16.9 Å². The lowest BCUT2D eigenvalue weighted by molar-refractivity contribution is -0.137. The average molecular weight is 550 g/mol. The molecule has 3 heterocycles. The summed E-state index contributed by atoms with van der Waals surface area (Å²) in [5, 5.41) is 3.50. The number of aromatic nitrogens is 1. The number of esters is 1. The van der Waals surface area contributed by atoms with Crippen LogP contribution in [0, 0.1) is 0 Å². The highest BCUT2D eigenvalue weighted by Gasteiger charge is 2.31. The molecule has 39 heavy (non-hydrogen) atoms. The Morgan fingerprint density at radius 3 is 2.64 bits per heavy atom. The van der Waals surface area contributed by atoms with Gasteiger partial charge in [0, 0.05) is 37.4 Å². The first-order chi connectivity index (χ1) is 18.8. The quantitative estimate of drug-likeness (QED) is 0.261. The SMILES string of the molecule is CCOC(=O)c1cnc2cc(C(F)(F)F)ccc2c1OCCCCCOc1coc(CN2CCNC2)cc1=O. The van der Waals surface area contributed by atoms with E-state index in [0.717, 1.165) is 31.9 Å². The zero-order chi connectivity index (χ0) is 27.8. The molecule has 2 aromatic heterocycles. The molecule has 210 valence electrons. The number of halogens is 3. The molecule has 12 heteroatoms. The van der Waals surface area contributed by atoms with Crippen molar-refractivity contribution in [2.45, 2.75) is 38.9 Å². The maximum Gasteiger partial charge on any atom is 0.416 e. The molecule has 1 saturated heterocycles. The highest BCUT2D eigenvalue weighted by molar-refractivity contribution is 5.99. The standard InChI is InChI=1S/C27H30F3N3O6/c1-2-36-26(35)21-14-32-22-12-18(27(28,29)30)6-7-20(22)25(21)38-11-5-3-4-10-37-24-16-39-19(13-23(24)34)15-33-9-8-31-17-33/h6-7,12-14,16,31H,2-5,8-11,15,17H2,1H3. The molecular formula is C27H30F3N3O6. The number of hydrogen-bond donors (Lipinski definition) is 1. The van der Waals surface area contributed by atoms with Gasteiger partial charge in [-0.15, -0.1) is 0 Å². The zero-order valence-electron chi connectivity index (χ0n) is 21.5. The lowest BCUT2D eigenvalue weighted by Gasteiger charge is -2.15. The van der Waals surface area contributed by atoms with E-state index in [1.807, 2.05) is 0 Å². The van der Waals surface area contributed by atoms with E-state index in [1.165, 1.54) is 24.6 Å². The monoisotopic (exact) mass is 549 g/mol. The van der Waals surface area contributed by atoms with Crippen LogP contribution in [0.4, 0.5) is 13.2 Å². The lowest BCUT2D eigenvalue weighted by Crippen LogP contribution is -2.22. The van der Waals surface area contributed by atoms with Crippen LogP contribution < -0.4 is 20.2 Å². The molecule has 3 aromatic rings. The van der Waals surface area contributed by atoms with Crippen molar-refractivity contribution in [3.8, 4) is 11.5 Å². The minimum atomic E-state index is -4.52. The van der Waals surface area contributed by atoms with Gasteiger partial charge in [-0.3, -0.25) is 14.7 Å². The fourth-order valence-electron chi connectivity index (χ4n) is 4.13. The second kappa shape index (κ2) is 12.9. The van der Waals surface area contributed by atoms with E-state index < -0.39 is 17.7 Å². The molecular weight excluding hydrogens is 519 g/mol. The third kappa shape index (κ3) is 7.48. The smallest absolute Gasteiger partial charge is 0.416 e. The molecule has 0 unspecified atom stereocenters. The second-order valence-corrected chi connectivity index (χ2v) is 8.99. The predicted molar refractivity (Wildman–Crippen MR) is 136 cm³/mol. The van der Waals surface area contributed by atoms with Crippen molar-refractivity contribution in [1.82, 2.24) is 15.2 Å². The van der Waals surface area contributed by atoms with Gasteiger partial charge in [-0.25, -0.2) is 4.79 Å². The molecule has 1 aliphatic rings. The van der Waals surface area contributed by atoms with Gasteiger partial charge in [0.1, 0.15) is 23.3 Å². The van der Waals surface area contributed by atoms with Crippen molar-refractivity contribution in [2.24, 2.45) is 0 Å². The third-order valence-electron chi connectivity index (χ3n) is 6.11. The van der Waals surface area contributed by atoms with E-state index >= 15 is 0 Å². The summed E-state index contributed by atoms with van der Waals surface area (Å²) < 4.78 is 61.4. The molecule has 4 rings (SSSR count). The number of carbonyl (C=O) groups excluding carboxylic acids is 1. The first-order valence-corrected chi connectivity index (χ1v) is 12.7. The highest BCUT2D eigenvalue weighted by Crippen LogP contribution is 2.35. The summed E-state index contributed by atoms with van der Waals surface area (Å²) >= 11 is 0. The molecule has 0 radical (unpaired) electrons. The van der Waals surface area contributed by atoms with Crippen molar-refractivity contribution in [3.05, 3.63) is 63.8 Å². The zero-order valence-corrected chi connectivity index (χ0v) is 21.5. The van der Waals surface area contributed by atoms with E-state index in [4.69, 9.17) is 18.6 Å². The molecule has 1 N–H and O–H groups in total. The average Bonchev–Trinajstić information content (AvgIpc) is 3.41. The minimum absolute atomic E-state index is 0.0450. The van der Waals surface area contributed by atoms with Crippen molar-refractivity contribution < 1.29 is 36.6 Å². The fourth-order valence-corrected chi connectivity index (χ4v) is 4.13. The Balaban J connectivity index is 1.30. The first kappa shape index (κ1) is 28.4. The van der Waals surface area contributed by atoms with Gasteiger partial charge in [-0.05, 0) is 44.4 Å². The number of nitrogens with one attached hydrogen (secondary N) is 1. The van der Waals surface area contributed by atoms with Crippen LogP contribution in [-0.4, -0.2) is 55.4 Å². The predicted octanol–water partition coefficient (Wildman–Crippen LogP) is 4.37.